The molecule has 0 amide bonds. The number of carboxylic acids is 4. The summed E-state index contributed by atoms with van der Waals surface area (Å²) in [4.78, 5) is 35.6. The van der Waals surface area contributed by atoms with Crippen molar-refractivity contribution in [1.29, 1.82) is 0 Å². The van der Waals surface area contributed by atoms with Gasteiger partial charge < -0.3 is 50.6 Å². The molecular weight excluding hydrogens is 304 g/mol. The van der Waals surface area contributed by atoms with Gasteiger partial charge in [-0.25, -0.2) is 0 Å². The zero-order chi connectivity index (χ0) is 14.3. The van der Waals surface area contributed by atoms with Gasteiger partial charge in [-0.1, -0.05) is 0 Å². The van der Waals surface area contributed by atoms with Crippen LogP contribution in [0.5, 0.6) is 0 Å². The summed E-state index contributed by atoms with van der Waals surface area (Å²) >= 11 is 0. The Morgan fingerprint density at radius 3 is 0.526 bits per heavy atom. The summed E-state index contributed by atoms with van der Waals surface area (Å²) in [7, 11) is 0. The SMILES string of the molecule is CC(=O)[O-].CC(=O)[O-].CC(=O)[O-].CC(=O)[O-].O.O.[Ti+4]. The number of carboxylic acid groups (broad SMARTS) is 4. The molecule has 0 aromatic heterocycles. The molecule has 0 aliphatic carbocycles. The van der Waals surface area contributed by atoms with E-state index in [1.54, 1.807) is 0 Å². The van der Waals surface area contributed by atoms with Crippen molar-refractivity contribution in [3.8, 4) is 0 Å². The van der Waals surface area contributed by atoms with Crippen LogP contribution in [0.15, 0.2) is 0 Å². The third-order valence-electron chi connectivity index (χ3n) is 0. The quantitative estimate of drug-likeness (QED) is 0.389. The van der Waals surface area contributed by atoms with Crippen LogP contribution in [0, 0.1) is 0 Å². The van der Waals surface area contributed by atoms with E-state index in [2.05, 4.69) is 0 Å². The Kier molecular flexibility index (Phi) is 81.8. The van der Waals surface area contributed by atoms with Gasteiger partial charge in [0.05, 0.1) is 0 Å². The Labute approximate surface area is 124 Å². The van der Waals surface area contributed by atoms with Gasteiger partial charge in [0.15, 0.2) is 0 Å². The van der Waals surface area contributed by atoms with Crippen molar-refractivity contribution in [2.24, 2.45) is 0 Å². The van der Waals surface area contributed by atoms with E-state index in [1.165, 1.54) is 0 Å². The summed E-state index contributed by atoms with van der Waals surface area (Å²) in [6, 6.07) is 0. The minimum Gasteiger partial charge on any atom is -0.550 e. The third kappa shape index (κ3) is 1580. The van der Waals surface area contributed by atoms with Gasteiger partial charge >= 0.3 is 21.7 Å². The maximum absolute atomic E-state index is 8.89. The molecule has 0 bridgehead atoms. The first-order chi connectivity index (χ1) is 6.93. The number of hydrogen-bond acceptors (Lipinski definition) is 8. The van der Waals surface area contributed by atoms with E-state index in [0.29, 0.717) is 0 Å². The Hall–Kier alpha value is -1.49. The van der Waals surface area contributed by atoms with Crippen LogP contribution in [0.2, 0.25) is 0 Å². The van der Waals surface area contributed by atoms with Crippen molar-refractivity contribution < 1.29 is 72.3 Å². The molecule has 0 atom stereocenters. The molecule has 0 unspecified atom stereocenters. The van der Waals surface area contributed by atoms with Crippen molar-refractivity contribution >= 4 is 23.9 Å². The van der Waals surface area contributed by atoms with Crippen molar-refractivity contribution in [1.82, 2.24) is 0 Å². The van der Waals surface area contributed by atoms with Crippen LogP contribution < -0.4 is 20.4 Å². The monoisotopic (exact) mass is 320 g/mol. The topological polar surface area (TPSA) is 224 Å². The molecule has 0 spiro atoms. The fourth-order valence-electron chi connectivity index (χ4n) is 0. The number of carbonyl (C=O) groups excluding carboxylic acids is 4. The molecule has 10 nitrogen and oxygen atoms in total. The fraction of sp³-hybridized carbons (Fsp3) is 0.500. The standard InChI is InChI=1S/4C2H4O2.2H2O.Ti/c4*1-2(3)4;;;/h4*1H3,(H,3,4);2*1H2;/q;;;;;;+4/p-4. The molecule has 112 valence electrons. The molecule has 19 heavy (non-hydrogen) atoms. The summed E-state index contributed by atoms with van der Waals surface area (Å²) in [6.07, 6.45) is 0. The molecule has 11 heteroatoms. The van der Waals surface area contributed by atoms with Crippen molar-refractivity contribution in [2.75, 3.05) is 0 Å². The van der Waals surface area contributed by atoms with E-state index in [0.717, 1.165) is 27.7 Å². The van der Waals surface area contributed by atoms with Crippen molar-refractivity contribution in [2.45, 2.75) is 27.7 Å². The van der Waals surface area contributed by atoms with Crippen LogP contribution in [-0.4, -0.2) is 34.8 Å². The number of rotatable bonds is 0. The second-order valence-electron chi connectivity index (χ2n) is 1.97. The Bertz CT molecular complexity index is 164. The molecule has 0 saturated heterocycles. The first kappa shape index (κ1) is 43.2. The van der Waals surface area contributed by atoms with E-state index >= 15 is 0 Å². The molecule has 0 aliphatic heterocycles. The minimum atomic E-state index is -1.08. The summed E-state index contributed by atoms with van der Waals surface area (Å²) in [5, 5.41) is 35.6. The van der Waals surface area contributed by atoms with E-state index in [9.17, 15) is 0 Å². The zero-order valence-electron chi connectivity index (χ0n) is 10.8. The number of aliphatic carboxylic acids is 4. The zero-order valence-corrected chi connectivity index (χ0v) is 12.3. The number of hydrogen-bond donors (Lipinski definition) is 0. The summed E-state index contributed by atoms with van der Waals surface area (Å²) in [6.45, 7) is 3.89. The Morgan fingerprint density at radius 1 is 0.526 bits per heavy atom. The van der Waals surface area contributed by atoms with E-state index < -0.39 is 23.9 Å². The third-order valence-corrected chi connectivity index (χ3v) is 0. The predicted octanol–water partition coefficient (Wildman–Crippen LogP) is -6.63. The molecule has 0 fully saturated rings. The molecule has 0 aliphatic rings. The summed E-state index contributed by atoms with van der Waals surface area (Å²) < 4.78 is 0. The normalized spacial score (nSPS) is 5.26. The van der Waals surface area contributed by atoms with Crippen molar-refractivity contribution in [3.63, 3.8) is 0 Å². The van der Waals surface area contributed by atoms with Crippen LogP contribution in [-0.2, 0) is 40.9 Å². The van der Waals surface area contributed by atoms with Gasteiger partial charge in [-0.05, 0) is 27.7 Å². The number of carbonyl (C=O) groups is 4. The van der Waals surface area contributed by atoms with Crippen LogP contribution in [0.4, 0.5) is 0 Å². The van der Waals surface area contributed by atoms with Crippen LogP contribution in [0.3, 0.4) is 0 Å². The largest absolute Gasteiger partial charge is 4.00 e. The molecule has 0 radical (unpaired) electrons. The fourth-order valence-corrected chi connectivity index (χ4v) is 0. The van der Waals surface area contributed by atoms with Crippen molar-refractivity contribution in [3.05, 3.63) is 0 Å². The van der Waals surface area contributed by atoms with Gasteiger partial charge in [0.1, 0.15) is 0 Å². The Balaban J connectivity index is -0.0000000192. The van der Waals surface area contributed by atoms with Crippen LogP contribution in [0.25, 0.3) is 0 Å². The first-order valence-electron chi connectivity index (χ1n) is 3.63. The van der Waals surface area contributed by atoms with Gasteiger partial charge in [-0.3, -0.25) is 0 Å². The molecule has 0 aromatic carbocycles. The average Bonchev–Trinajstić information content (AvgIpc) is 1.76. The molecule has 0 aromatic rings. The smallest absolute Gasteiger partial charge is 0.550 e. The van der Waals surface area contributed by atoms with Gasteiger partial charge in [0.25, 0.3) is 0 Å². The predicted molar refractivity (Wildman–Crippen MR) is 50.0 cm³/mol. The van der Waals surface area contributed by atoms with Crippen LogP contribution in [0.1, 0.15) is 27.7 Å². The molecule has 0 heterocycles. The van der Waals surface area contributed by atoms with Crippen LogP contribution >= 0.6 is 0 Å². The molecular formula is C8H16O10Ti. The minimum absolute atomic E-state index is 0. The average molecular weight is 320 g/mol. The second-order valence-corrected chi connectivity index (χ2v) is 1.97. The van der Waals surface area contributed by atoms with Gasteiger partial charge in [-0.15, -0.1) is 0 Å². The van der Waals surface area contributed by atoms with Gasteiger partial charge in [0.2, 0.25) is 0 Å². The second kappa shape index (κ2) is 36.0. The van der Waals surface area contributed by atoms with Gasteiger partial charge in [-0.2, -0.15) is 0 Å². The maximum atomic E-state index is 8.89. The summed E-state index contributed by atoms with van der Waals surface area (Å²) in [5.74, 6) is -4.33. The van der Waals surface area contributed by atoms with Gasteiger partial charge in [0, 0.05) is 23.9 Å². The Morgan fingerprint density at radius 2 is 0.526 bits per heavy atom. The van der Waals surface area contributed by atoms with E-state index in [4.69, 9.17) is 39.6 Å². The van der Waals surface area contributed by atoms with E-state index in [-0.39, 0.29) is 32.7 Å². The maximum Gasteiger partial charge on any atom is 4.00 e. The molecule has 0 saturated carbocycles. The van der Waals surface area contributed by atoms with E-state index in [1.807, 2.05) is 0 Å². The molecule has 4 N–H and O–H groups in total. The molecule has 0 rings (SSSR count). The first-order valence-corrected chi connectivity index (χ1v) is 3.63. The summed E-state index contributed by atoms with van der Waals surface area (Å²) in [5.41, 5.74) is 0.